The summed E-state index contributed by atoms with van der Waals surface area (Å²) in [7, 11) is 0. The van der Waals surface area contributed by atoms with Gasteiger partial charge in [0.05, 0.1) is 13.2 Å². The van der Waals surface area contributed by atoms with Crippen LogP contribution in [-0.2, 0) is 9.47 Å². The Hall–Kier alpha value is -0.440. The van der Waals surface area contributed by atoms with E-state index in [2.05, 4.69) is 0 Å². The highest BCUT2D eigenvalue weighted by molar-refractivity contribution is 5.05. The van der Waals surface area contributed by atoms with Crippen LogP contribution in [0.1, 0.15) is 0 Å². The van der Waals surface area contributed by atoms with Gasteiger partial charge in [0.1, 0.15) is 54.9 Å². The maximum absolute atomic E-state index is 10.5. The minimum Gasteiger partial charge on any atom is -0.394 e. The van der Waals surface area contributed by atoms with Gasteiger partial charge in [0.15, 0.2) is 0 Å². The predicted molar refractivity (Wildman–Crippen MR) is 68.7 cm³/mol. The summed E-state index contributed by atoms with van der Waals surface area (Å²) >= 11 is 0. The Morgan fingerprint density at radius 1 is 0.696 bits per heavy atom. The number of rotatable bonds is 3. The zero-order valence-electron chi connectivity index (χ0n) is 12.0. The van der Waals surface area contributed by atoms with Gasteiger partial charge in [-0.25, -0.2) is 0 Å². The van der Waals surface area contributed by atoms with Gasteiger partial charge in [-0.1, -0.05) is 0 Å². The molecule has 11 nitrogen and oxygen atoms in total. The minimum atomic E-state index is -2.82. The van der Waals surface area contributed by atoms with E-state index < -0.39 is 73.9 Å². The number of aliphatic hydroxyl groups excluding tert-OH is 8. The van der Waals surface area contributed by atoms with E-state index in [1.54, 1.807) is 0 Å². The zero-order valence-corrected chi connectivity index (χ0v) is 12.0. The van der Waals surface area contributed by atoms with E-state index in [0.29, 0.717) is 0 Å². The molecule has 2 fully saturated rings. The molecule has 23 heavy (non-hydrogen) atoms. The molecular formula is C12H22O11. The van der Waals surface area contributed by atoms with Crippen molar-refractivity contribution in [3.63, 3.8) is 0 Å². The van der Waals surface area contributed by atoms with Crippen molar-refractivity contribution in [3.8, 4) is 0 Å². The molecule has 0 radical (unpaired) electrons. The molecule has 9 N–H and O–H groups in total. The Kier molecular flexibility index (Phi) is 5.60. The first-order chi connectivity index (χ1) is 10.7. The summed E-state index contributed by atoms with van der Waals surface area (Å²) < 4.78 is 10.1. The van der Waals surface area contributed by atoms with E-state index in [-0.39, 0.29) is 0 Å². The summed E-state index contributed by atoms with van der Waals surface area (Å²) in [5, 5.41) is 87.7. The lowest BCUT2D eigenvalue weighted by molar-refractivity contribution is -0.406. The Morgan fingerprint density at radius 2 is 1.22 bits per heavy atom. The van der Waals surface area contributed by atoms with Crippen LogP contribution in [-0.4, -0.2) is 120 Å². The second kappa shape index (κ2) is 6.82. The second-order valence-corrected chi connectivity index (χ2v) is 5.77. The predicted octanol–water partition coefficient (Wildman–Crippen LogP) is -6.01. The summed E-state index contributed by atoms with van der Waals surface area (Å²) in [6.07, 6.45) is -16.1. The molecule has 136 valence electrons. The highest BCUT2D eigenvalue weighted by atomic mass is 16.7. The smallest absolute Gasteiger partial charge is 0.225 e. The van der Waals surface area contributed by atoms with E-state index in [9.17, 15) is 35.7 Å². The van der Waals surface area contributed by atoms with Crippen LogP contribution in [0.25, 0.3) is 0 Å². The lowest BCUT2D eigenvalue weighted by Crippen LogP contribution is -2.75. The first kappa shape index (κ1) is 18.9. The van der Waals surface area contributed by atoms with Crippen molar-refractivity contribution in [2.45, 2.75) is 60.7 Å². The van der Waals surface area contributed by atoms with Crippen LogP contribution in [0.3, 0.4) is 0 Å². The molecule has 1 unspecified atom stereocenters. The van der Waals surface area contributed by atoms with Crippen molar-refractivity contribution < 1.29 is 55.4 Å². The molecule has 2 aliphatic heterocycles. The van der Waals surface area contributed by atoms with Crippen LogP contribution in [0.15, 0.2) is 0 Å². The van der Waals surface area contributed by atoms with Crippen LogP contribution < -0.4 is 0 Å². The second-order valence-electron chi connectivity index (χ2n) is 5.77. The molecule has 0 amide bonds. The van der Waals surface area contributed by atoms with E-state index in [1.807, 2.05) is 0 Å². The van der Waals surface area contributed by atoms with Crippen molar-refractivity contribution in [1.82, 2.24) is 0 Å². The van der Waals surface area contributed by atoms with Gasteiger partial charge < -0.3 is 55.4 Å². The van der Waals surface area contributed by atoms with Crippen molar-refractivity contribution >= 4 is 0 Å². The van der Waals surface area contributed by atoms with E-state index >= 15 is 0 Å². The fourth-order valence-corrected chi connectivity index (χ4v) is 2.86. The Morgan fingerprint density at radius 3 is 1.74 bits per heavy atom. The SMILES string of the molecule is OC[C@H]1O[C@@](O)(C2O[C@H](CO)[C@H](O)[C@H](O)[C@H]2O)[C@H](O)[C@@H](O)[C@H]1O. The highest BCUT2D eigenvalue weighted by Crippen LogP contribution is 2.37. The summed E-state index contributed by atoms with van der Waals surface area (Å²) in [6, 6.07) is 0. The van der Waals surface area contributed by atoms with Crippen LogP contribution in [0, 0.1) is 0 Å². The van der Waals surface area contributed by atoms with Gasteiger partial charge in [0.25, 0.3) is 0 Å². The first-order valence-electron chi connectivity index (χ1n) is 7.04. The van der Waals surface area contributed by atoms with Gasteiger partial charge in [-0.15, -0.1) is 0 Å². The van der Waals surface area contributed by atoms with Crippen LogP contribution in [0.4, 0.5) is 0 Å². The first-order valence-corrected chi connectivity index (χ1v) is 7.04. The molecule has 0 aromatic carbocycles. The van der Waals surface area contributed by atoms with Gasteiger partial charge in [-0.2, -0.15) is 0 Å². The largest absolute Gasteiger partial charge is 0.394 e. The molecule has 0 aromatic rings. The third kappa shape index (κ3) is 2.99. The van der Waals surface area contributed by atoms with E-state index in [0.717, 1.165) is 0 Å². The summed E-state index contributed by atoms with van der Waals surface area (Å²) in [4.78, 5) is 0. The van der Waals surface area contributed by atoms with Crippen molar-refractivity contribution in [3.05, 3.63) is 0 Å². The van der Waals surface area contributed by atoms with Crippen LogP contribution >= 0.6 is 0 Å². The van der Waals surface area contributed by atoms with Crippen molar-refractivity contribution in [2.24, 2.45) is 0 Å². The average molecular weight is 342 g/mol. The molecule has 0 saturated carbocycles. The Labute approximate surface area is 130 Å². The number of hydrogen-bond acceptors (Lipinski definition) is 11. The molecule has 2 aliphatic rings. The maximum Gasteiger partial charge on any atom is 0.225 e. The molecule has 0 aromatic heterocycles. The Bertz CT molecular complexity index is 404. The van der Waals surface area contributed by atoms with Gasteiger partial charge in [0, 0.05) is 0 Å². The molecule has 0 bridgehead atoms. The fourth-order valence-electron chi connectivity index (χ4n) is 2.86. The summed E-state index contributed by atoms with van der Waals surface area (Å²) in [5.41, 5.74) is 0. The van der Waals surface area contributed by atoms with Crippen molar-refractivity contribution in [2.75, 3.05) is 13.2 Å². The molecule has 2 saturated heterocycles. The van der Waals surface area contributed by atoms with Crippen LogP contribution in [0.2, 0.25) is 0 Å². The molecular weight excluding hydrogens is 320 g/mol. The molecule has 0 spiro atoms. The lowest BCUT2D eigenvalue weighted by atomic mass is 9.83. The van der Waals surface area contributed by atoms with Gasteiger partial charge >= 0.3 is 0 Å². The number of ether oxygens (including phenoxy) is 2. The normalized spacial score (nSPS) is 54.9. The average Bonchev–Trinajstić information content (AvgIpc) is 2.54. The quantitative estimate of drug-likeness (QED) is 0.236. The monoisotopic (exact) mass is 342 g/mol. The number of aliphatic hydroxyl groups is 9. The van der Waals surface area contributed by atoms with E-state index in [1.165, 1.54) is 0 Å². The van der Waals surface area contributed by atoms with Gasteiger partial charge in [0.2, 0.25) is 5.79 Å². The molecule has 2 heterocycles. The van der Waals surface area contributed by atoms with E-state index in [4.69, 9.17) is 19.7 Å². The maximum atomic E-state index is 10.5. The zero-order chi connectivity index (χ0) is 17.5. The topological polar surface area (TPSA) is 201 Å². The minimum absolute atomic E-state index is 0.776. The van der Waals surface area contributed by atoms with Gasteiger partial charge in [-0.3, -0.25) is 0 Å². The fraction of sp³-hybridized carbons (Fsp3) is 1.00. The third-order valence-corrected chi connectivity index (χ3v) is 4.30. The van der Waals surface area contributed by atoms with Crippen molar-refractivity contribution in [1.29, 1.82) is 0 Å². The summed E-state index contributed by atoms with van der Waals surface area (Å²) in [5.74, 6) is -2.82. The summed E-state index contributed by atoms with van der Waals surface area (Å²) in [6.45, 7) is -1.60. The molecule has 10 atom stereocenters. The molecule has 2 rings (SSSR count). The van der Waals surface area contributed by atoms with Crippen LogP contribution in [0.5, 0.6) is 0 Å². The van der Waals surface area contributed by atoms with Gasteiger partial charge in [-0.05, 0) is 0 Å². The number of hydrogen-bond donors (Lipinski definition) is 9. The lowest BCUT2D eigenvalue weighted by Gasteiger charge is -2.52. The molecule has 0 aliphatic carbocycles. The third-order valence-electron chi connectivity index (χ3n) is 4.30. The highest BCUT2D eigenvalue weighted by Gasteiger charge is 2.62. The molecule has 11 heteroatoms. The standard InChI is InChI=1S/C12H22O11/c13-1-3-5(15)7(17)9(19)11(22-3)12(21)10(20)8(18)6(16)4(2-14)23-12/h3-11,13-21H,1-2H2/t3-,4-,5+,6+,7+,8+,9-,10-,11?,12-/m1/s1. The Balaban J connectivity index is 2.33.